The Morgan fingerprint density at radius 3 is 2.29 bits per heavy atom. The van der Waals surface area contributed by atoms with E-state index in [4.69, 9.17) is 5.11 Å². The number of halogens is 3. The van der Waals surface area contributed by atoms with E-state index < -0.39 is 33.8 Å². The molecular weight excluding hydrogens is 647 g/mol. The number of aromatic nitrogens is 2. The first-order chi connectivity index (χ1) is 22.7. The third-order valence-electron chi connectivity index (χ3n) is 6.97. The van der Waals surface area contributed by atoms with Gasteiger partial charge in [-0.3, -0.25) is 4.79 Å². The lowest BCUT2D eigenvalue weighted by Crippen LogP contribution is -2.30. The molecule has 0 saturated heterocycles. The van der Waals surface area contributed by atoms with Gasteiger partial charge in [0.25, 0.3) is 10.0 Å². The number of nitrogens with zero attached hydrogens (tertiary/aromatic N) is 4. The average Bonchev–Trinajstić information content (AvgIpc) is 3.52. The topological polar surface area (TPSA) is 143 Å². The number of hydrogen-bond acceptors (Lipinski definition) is 7. The van der Waals surface area contributed by atoms with Crippen LogP contribution >= 0.6 is 0 Å². The maximum absolute atomic E-state index is 13.5. The summed E-state index contributed by atoms with van der Waals surface area (Å²) in [7, 11) is -4.32. The van der Waals surface area contributed by atoms with Gasteiger partial charge < -0.3 is 5.11 Å². The Kier molecular flexibility index (Phi) is 10.9. The number of rotatable bonds is 12. The van der Waals surface area contributed by atoms with E-state index in [0.29, 0.717) is 16.9 Å². The van der Waals surface area contributed by atoms with Gasteiger partial charge in [0.2, 0.25) is 5.91 Å². The maximum atomic E-state index is 13.5. The Labute approximate surface area is 274 Å². The van der Waals surface area contributed by atoms with E-state index in [0.717, 1.165) is 28.5 Å². The molecule has 0 unspecified atom stereocenters. The maximum Gasteiger partial charge on any atom is 0.435 e. The molecule has 0 bridgehead atoms. The number of carbonyl (C=O) groups excluding carboxylic acids is 1. The highest BCUT2D eigenvalue weighted by atomic mass is 32.2. The average molecular weight is 678 g/mol. The number of aryl methyl sites for hydroxylation is 1. The highest BCUT2D eigenvalue weighted by molar-refractivity contribution is 7.90. The zero-order valence-corrected chi connectivity index (χ0v) is 26.6. The van der Waals surface area contributed by atoms with Crippen LogP contribution in [0.5, 0.6) is 0 Å². The van der Waals surface area contributed by atoms with Gasteiger partial charge in [0.05, 0.1) is 33.2 Å². The molecule has 4 aromatic rings. The second-order valence-electron chi connectivity index (χ2n) is 10.4. The van der Waals surface area contributed by atoms with Crippen LogP contribution in [-0.4, -0.2) is 35.2 Å². The quantitative estimate of drug-likeness (QED) is 0.115. The third-order valence-corrected chi connectivity index (χ3v) is 8.36. The van der Waals surface area contributed by atoms with Crippen LogP contribution in [0.1, 0.15) is 47.6 Å². The van der Waals surface area contributed by atoms with Gasteiger partial charge in [-0.1, -0.05) is 48.6 Å². The van der Waals surface area contributed by atoms with Crippen molar-refractivity contribution >= 4 is 38.8 Å². The van der Waals surface area contributed by atoms with Crippen LogP contribution in [0.3, 0.4) is 0 Å². The van der Waals surface area contributed by atoms with Crippen molar-refractivity contribution < 1.29 is 36.3 Å². The molecule has 3 aromatic carbocycles. The molecule has 0 spiro atoms. The molecule has 0 atom stereocenters. The summed E-state index contributed by atoms with van der Waals surface area (Å²) in [5.41, 5.74) is 1.75. The number of carboxylic acid groups (broad SMARTS) is 1. The first kappa shape index (κ1) is 35.2. The van der Waals surface area contributed by atoms with Gasteiger partial charge in [-0.25, -0.2) is 22.6 Å². The minimum Gasteiger partial charge on any atom is -0.478 e. The van der Waals surface area contributed by atoms with Gasteiger partial charge in [0.1, 0.15) is 0 Å². The van der Waals surface area contributed by atoms with Crippen LogP contribution in [0.4, 0.5) is 24.5 Å². The molecule has 1 amide bonds. The highest BCUT2D eigenvalue weighted by Crippen LogP contribution is 2.32. The van der Waals surface area contributed by atoms with Gasteiger partial charge in [0, 0.05) is 6.42 Å². The lowest BCUT2D eigenvalue weighted by Gasteiger charge is -2.10. The molecule has 1 heterocycles. The monoisotopic (exact) mass is 677 g/mol. The summed E-state index contributed by atoms with van der Waals surface area (Å²) in [5, 5.41) is 21.0. The third kappa shape index (κ3) is 9.00. The molecule has 0 aliphatic rings. The fraction of sp³-hybridized carbons (Fsp3) is 0.147. The number of carbonyl (C=O) groups is 2. The number of nitrogens with one attached hydrogen (secondary N) is 1. The molecule has 0 aliphatic carbocycles. The Hall–Kier alpha value is -5.63. The number of allylic oxidation sites excluding steroid dienone is 5. The summed E-state index contributed by atoms with van der Waals surface area (Å²) in [5.74, 6) is -1.86. The molecule has 2 N–H and O–H groups in total. The fourth-order valence-electron chi connectivity index (χ4n) is 4.24. The lowest BCUT2D eigenvalue weighted by molar-refractivity contribution is -0.141. The van der Waals surface area contributed by atoms with Crippen molar-refractivity contribution in [2.75, 3.05) is 0 Å². The summed E-state index contributed by atoms with van der Waals surface area (Å²) in [6.45, 7) is 7.50. The van der Waals surface area contributed by atoms with E-state index in [9.17, 15) is 31.2 Å². The second-order valence-corrected chi connectivity index (χ2v) is 12.1. The molecule has 48 heavy (non-hydrogen) atoms. The summed E-state index contributed by atoms with van der Waals surface area (Å²) in [6, 6.07) is 18.3. The van der Waals surface area contributed by atoms with Gasteiger partial charge in [-0.15, -0.1) is 0 Å². The van der Waals surface area contributed by atoms with Gasteiger partial charge >= 0.3 is 12.1 Å². The fourth-order valence-corrected chi connectivity index (χ4v) is 5.25. The molecule has 0 radical (unpaired) electrons. The van der Waals surface area contributed by atoms with E-state index >= 15 is 0 Å². The van der Waals surface area contributed by atoms with Crippen LogP contribution in [0, 0.1) is 0 Å². The predicted molar refractivity (Wildman–Crippen MR) is 174 cm³/mol. The number of carboxylic acids is 1. The molecule has 14 heteroatoms. The largest absolute Gasteiger partial charge is 0.478 e. The van der Waals surface area contributed by atoms with Crippen molar-refractivity contribution in [1.29, 1.82) is 0 Å². The summed E-state index contributed by atoms with van der Waals surface area (Å²) >= 11 is 0. The van der Waals surface area contributed by atoms with Gasteiger partial charge in [-0.05, 0) is 92.1 Å². The van der Waals surface area contributed by atoms with Crippen molar-refractivity contribution in [1.82, 2.24) is 14.5 Å². The van der Waals surface area contributed by atoms with E-state index in [2.05, 4.69) is 21.9 Å². The summed E-state index contributed by atoms with van der Waals surface area (Å²) in [4.78, 5) is 23.4. The number of aromatic carboxylic acids is 1. The molecule has 248 valence electrons. The normalized spacial score (nSPS) is 12.5. The standard InChI is InChI=1S/C34H30F3N5O5S/c1-4-22(2)9-10-23(3)30-21-31(34(35,36)37)40-42(30)27-16-18-28(19-17-27)48(46,47)41-32(43)20-13-24-7-5-6-8-29(24)39-38-26-14-11-25(12-15-26)33(44)45/h4-12,14-19,21H,3,13,20H2,1-2H3,(H,41,43)(H,44,45)/b10-9-,22-4-,39-38?. The van der Waals surface area contributed by atoms with E-state index in [-0.39, 0.29) is 40.3 Å². The van der Waals surface area contributed by atoms with Gasteiger partial charge in [-0.2, -0.15) is 28.5 Å². The molecule has 10 nitrogen and oxygen atoms in total. The molecule has 4 rings (SSSR count). The van der Waals surface area contributed by atoms with Crippen molar-refractivity contribution in [3.63, 3.8) is 0 Å². The molecular formula is C34H30F3N5O5S. The van der Waals surface area contributed by atoms with Crippen molar-refractivity contribution in [3.8, 4) is 5.69 Å². The van der Waals surface area contributed by atoms with Gasteiger partial charge in [0.15, 0.2) is 5.69 Å². The molecule has 0 fully saturated rings. The van der Waals surface area contributed by atoms with Crippen LogP contribution in [0.2, 0.25) is 0 Å². The smallest absolute Gasteiger partial charge is 0.435 e. The summed E-state index contributed by atoms with van der Waals surface area (Å²) in [6.07, 6.45) is 0.258. The molecule has 0 saturated carbocycles. The van der Waals surface area contributed by atoms with Crippen molar-refractivity contribution in [2.24, 2.45) is 10.2 Å². The first-order valence-electron chi connectivity index (χ1n) is 14.3. The number of hydrogen-bond donors (Lipinski definition) is 2. The number of amides is 1. The van der Waals surface area contributed by atoms with Crippen LogP contribution in [0.25, 0.3) is 11.3 Å². The number of azo groups is 1. The van der Waals surface area contributed by atoms with Crippen LogP contribution in [-0.2, 0) is 27.4 Å². The molecule has 0 aliphatic heterocycles. The van der Waals surface area contributed by atoms with Crippen LogP contribution < -0.4 is 4.72 Å². The lowest BCUT2D eigenvalue weighted by atomic mass is 10.1. The van der Waals surface area contributed by atoms with E-state index in [1.807, 2.05) is 24.6 Å². The van der Waals surface area contributed by atoms with Crippen LogP contribution in [0.15, 0.2) is 124 Å². The Balaban J connectivity index is 1.46. The van der Waals surface area contributed by atoms with E-state index in [1.165, 1.54) is 36.4 Å². The Morgan fingerprint density at radius 1 is 1.00 bits per heavy atom. The second kappa shape index (κ2) is 14.9. The van der Waals surface area contributed by atoms with Crippen molar-refractivity contribution in [2.45, 2.75) is 37.8 Å². The van der Waals surface area contributed by atoms with E-state index in [1.54, 1.807) is 36.4 Å². The summed E-state index contributed by atoms with van der Waals surface area (Å²) < 4.78 is 69.6. The minimum absolute atomic E-state index is 0.0577. The number of alkyl halides is 3. The molecule has 1 aromatic heterocycles. The highest BCUT2D eigenvalue weighted by Gasteiger charge is 2.35. The predicted octanol–water partition coefficient (Wildman–Crippen LogP) is 7.98. The zero-order valence-electron chi connectivity index (χ0n) is 25.8. The Morgan fingerprint density at radius 2 is 1.67 bits per heavy atom. The SMILES string of the molecule is C=C(/C=C\C(C)=C/C)c1cc(C(F)(F)F)nn1-c1ccc(S(=O)(=O)NC(=O)CCc2ccccc2N=Nc2ccc(C(=O)O)cc2)cc1. The number of benzene rings is 3. The zero-order chi connectivity index (χ0) is 35.1. The minimum atomic E-state index is -4.73. The Bertz CT molecular complexity index is 2030. The number of sulfonamides is 1. The van der Waals surface area contributed by atoms with Crippen molar-refractivity contribution in [3.05, 3.63) is 132 Å². The first-order valence-corrected chi connectivity index (χ1v) is 15.8.